The number of ether oxygens (including phenoxy) is 1. The maximum Gasteiger partial charge on any atom is 0.412 e. The first-order valence-corrected chi connectivity index (χ1v) is 6.37. The Balaban J connectivity index is 2.28. The summed E-state index contributed by atoms with van der Waals surface area (Å²) in [5, 5.41) is 15.4. The van der Waals surface area contributed by atoms with Crippen molar-refractivity contribution >= 4 is 23.4 Å². The van der Waals surface area contributed by atoms with Crippen molar-refractivity contribution in [2.45, 2.75) is 26.4 Å². The molecule has 0 radical (unpaired) electrons. The van der Waals surface area contributed by atoms with Crippen LogP contribution in [0.2, 0.25) is 5.02 Å². The van der Waals surface area contributed by atoms with Crippen LogP contribution in [0.5, 0.6) is 0 Å². The number of nitrogens with one attached hydrogen (secondary N) is 2. The van der Waals surface area contributed by atoms with Crippen LogP contribution in [0.3, 0.4) is 0 Å². The Morgan fingerprint density at radius 3 is 2.71 bits per heavy atom. The van der Waals surface area contributed by atoms with E-state index >= 15 is 0 Å². The number of anilines is 1. The van der Waals surface area contributed by atoms with Gasteiger partial charge in [-0.3, -0.25) is 5.32 Å². The molecule has 1 aromatic heterocycles. The zero-order valence-corrected chi connectivity index (χ0v) is 12.3. The molecule has 0 saturated carbocycles. The third-order valence-corrected chi connectivity index (χ3v) is 2.59. The van der Waals surface area contributed by atoms with Crippen LogP contribution >= 0.6 is 11.6 Å². The van der Waals surface area contributed by atoms with Gasteiger partial charge < -0.3 is 4.74 Å². The lowest BCUT2D eigenvalue weighted by atomic mass is 10.1. The van der Waals surface area contributed by atoms with E-state index in [1.807, 2.05) is 0 Å². The molecular formula is C12H13ClFN5O2. The van der Waals surface area contributed by atoms with E-state index in [0.29, 0.717) is 0 Å². The molecule has 0 aliphatic carbocycles. The van der Waals surface area contributed by atoms with E-state index in [0.717, 1.165) is 6.07 Å². The number of carbonyl (C=O) groups excluding carboxylic acids is 1. The van der Waals surface area contributed by atoms with Crippen LogP contribution in [0.4, 0.5) is 14.9 Å². The summed E-state index contributed by atoms with van der Waals surface area (Å²) in [5.41, 5.74) is -0.418. The summed E-state index contributed by atoms with van der Waals surface area (Å²) in [6, 6.07) is 2.37. The number of aromatic nitrogens is 4. The second-order valence-electron chi connectivity index (χ2n) is 5.17. The molecular weight excluding hydrogens is 301 g/mol. The van der Waals surface area contributed by atoms with E-state index in [4.69, 9.17) is 16.3 Å². The van der Waals surface area contributed by atoms with Crippen LogP contribution < -0.4 is 5.32 Å². The van der Waals surface area contributed by atoms with Gasteiger partial charge >= 0.3 is 6.09 Å². The third-order valence-electron chi connectivity index (χ3n) is 2.28. The molecule has 1 heterocycles. The van der Waals surface area contributed by atoms with Crippen molar-refractivity contribution in [2.75, 3.05) is 5.32 Å². The number of hydrogen-bond donors (Lipinski definition) is 2. The summed E-state index contributed by atoms with van der Waals surface area (Å²) >= 11 is 5.90. The second-order valence-corrected chi connectivity index (χ2v) is 5.58. The van der Waals surface area contributed by atoms with Crippen LogP contribution in [-0.4, -0.2) is 32.3 Å². The number of rotatable bonds is 2. The Morgan fingerprint density at radius 2 is 2.14 bits per heavy atom. The standard InChI is InChI=1S/C12H13ClFN5O2/c1-12(2,3)21-11(20)15-9-4-6(8(14)5-7(9)13)10-16-18-19-17-10/h4-5H,1-3H3,(H,15,20)(H,16,17,18,19). The molecule has 112 valence electrons. The molecule has 0 saturated heterocycles. The van der Waals surface area contributed by atoms with Crippen molar-refractivity contribution in [2.24, 2.45) is 0 Å². The van der Waals surface area contributed by atoms with Crippen molar-refractivity contribution in [3.8, 4) is 11.4 Å². The highest BCUT2D eigenvalue weighted by atomic mass is 35.5. The Labute approximate surface area is 124 Å². The average molecular weight is 314 g/mol. The Kier molecular flexibility index (Phi) is 4.08. The molecule has 0 atom stereocenters. The fourth-order valence-corrected chi connectivity index (χ4v) is 1.70. The lowest BCUT2D eigenvalue weighted by Gasteiger charge is -2.20. The molecule has 2 N–H and O–H groups in total. The van der Waals surface area contributed by atoms with Crippen molar-refractivity contribution < 1.29 is 13.9 Å². The van der Waals surface area contributed by atoms with Crippen molar-refractivity contribution in [3.05, 3.63) is 23.0 Å². The van der Waals surface area contributed by atoms with Crippen molar-refractivity contribution in [3.63, 3.8) is 0 Å². The number of benzene rings is 1. The second kappa shape index (κ2) is 5.65. The minimum atomic E-state index is -0.699. The molecule has 0 aliphatic rings. The van der Waals surface area contributed by atoms with Gasteiger partial charge in [-0.15, -0.1) is 10.2 Å². The lowest BCUT2D eigenvalue weighted by molar-refractivity contribution is 0.0636. The predicted octanol–water partition coefficient (Wildman–Crippen LogP) is 3.01. The first-order chi connectivity index (χ1) is 9.76. The SMILES string of the molecule is CC(C)(C)OC(=O)Nc1cc(-c2nn[nH]n2)c(F)cc1Cl. The predicted molar refractivity (Wildman–Crippen MR) is 74.4 cm³/mol. The van der Waals surface area contributed by atoms with Gasteiger partial charge in [0.25, 0.3) is 0 Å². The normalized spacial score (nSPS) is 11.3. The number of nitrogens with zero attached hydrogens (tertiary/aromatic N) is 3. The van der Waals surface area contributed by atoms with E-state index in [2.05, 4.69) is 25.9 Å². The van der Waals surface area contributed by atoms with Crippen LogP contribution in [-0.2, 0) is 4.74 Å². The van der Waals surface area contributed by atoms with Gasteiger partial charge in [0.1, 0.15) is 11.4 Å². The minimum absolute atomic E-state index is 0.0330. The van der Waals surface area contributed by atoms with E-state index in [1.165, 1.54) is 6.07 Å². The number of H-pyrrole nitrogens is 1. The summed E-state index contributed by atoms with van der Waals surface area (Å²) in [5.74, 6) is -0.576. The largest absolute Gasteiger partial charge is 0.444 e. The third kappa shape index (κ3) is 3.88. The van der Waals surface area contributed by atoms with Crippen LogP contribution in [0.15, 0.2) is 12.1 Å². The Morgan fingerprint density at radius 1 is 1.43 bits per heavy atom. The number of halogens is 2. The number of hydrogen-bond acceptors (Lipinski definition) is 5. The summed E-state index contributed by atoms with van der Waals surface area (Å²) in [4.78, 5) is 11.7. The van der Waals surface area contributed by atoms with E-state index in [9.17, 15) is 9.18 Å². The van der Waals surface area contributed by atoms with Crippen LogP contribution in [0.1, 0.15) is 20.8 Å². The van der Waals surface area contributed by atoms with Gasteiger partial charge in [0.05, 0.1) is 16.3 Å². The molecule has 21 heavy (non-hydrogen) atoms. The maximum absolute atomic E-state index is 13.9. The van der Waals surface area contributed by atoms with Crippen molar-refractivity contribution in [1.82, 2.24) is 20.6 Å². The van der Waals surface area contributed by atoms with E-state index in [-0.39, 0.29) is 22.1 Å². The highest BCUT2D eigenvalue weighted by Gasteiger charge is 2.19. The maximum atomic E-state index is 13.9. The Bertz CT molecular complexity index is 654. The van der Waals surface area contributed by atoms with Crippen LogP contribution in [0, 0.1) is 5.82 Å². The molecule has 1 aromatic carbocycles. The molecule has 7 nitrogen and oxygen atoms in total. The quantitative estimate of drug-likeness (QED) is 0.889. The Hall–Kier alpha value is -2.22. The fourth-order valence-electron chi connectivity index (χ4n) is 1.51. The zero-order chi connectivity index (χ0) is 15.6. The van der Waals surface area contributed by atoms with Gasteiger partial charge in [-0.2, -0.15) is 5.21 Å². The van der Waals surface area contributed by atoms with Gasteiger partial charge in [-0.1, -0.05) is 11.6 Å². The van der Waals surface area contributed by atoms with Crippen molar-refractivity contribution in [1.29, 1.82) is 0 Å². The summed E-state index contributed by atoms with van der Waals surface area (Å²) in [7, 11) is 0. The molecule has 0 fully saturated rings. The average Bonchev–Trinajstić information content (AvgIpc) is 2.83. The fraction of sp³-hybridized carbons (Fsp3) is 0.333. The van der Waals surface area contributed by atoms with Gasteiger partial charge in [-0.05, 0) is 38.1 Å². The number of tetrazole rings is 1. The summed E-state index contributed by atoms with van der Waals surface area (Å²) < 4.78 is 19.0. The summed E-state index contributed by atoms with van der Waals surface area (Å²) in [6.45, 7) is 5.18. The van der Waals surface area contributed by atoms with E-state index in [1.54, 1.807) is 20.8 Å². The molecule has 2 aromatic rings. The molecule has 1 amide bonds. The topological polar surface area (TPSA) is 92.8 Å². The molecule has 0 aliphatic heterocycles. The van der Waals surface area contributed by atoms with Gasteiger partial charge in [0, 0.05) is 0 Å². The van der Waals surface area contributed by atoms with Crippen LogP contribution in [0.25, 0.3) is 11.4 Å². The molecule has 2 rings (SSSR count). The van der Waals surface area contributed by atoms with Gasteiger partial charge in [0.15, 0.2) is 0 Å². The smallest absolute Gasteiger partial charge is 0.412 e. The van der Waals surface area contributed by atoms with Gasteiger partial charge in [-0.25, -0.2) is 9.18 Å². The zero-order valence-electron chi connectivity index (χ0n) is 11.6. The number of aromatic amines is 1. The first-order valence-electron chi connectivity index (χ1n) is 5.99. The lowest BCUT2D eigenvalue weighted by Crippen LogP contribution is -2.27. The number of amides is 1. The first kappa shape index (κ1) is 15.2. The van der Waals surface area contributed by atoms with E-state index < -0.39 is 17.5 Å². The minimum Gasteiger partial charge on any atom is -0.444 e. The molecule has 9 heteroatoms. The monoisotopic (exact) mass is 313 g/mol. The highest BCUT2D eigenvalue weighted by Crippen LogP contribution is 2.30. The molecule has 0 unspecified atom stereocenters. The van der Waals surface area contributed by atoms with Gasteiger partial charge in [0.2, 0.25) is 5.82 Å². The molecule has 0 spiro atoms. The number of carbonyl (C=O) groups is 1. The summed E-state index contributed by atoms with van der Waals surface area (Å²) in [6.07, 6.45) is -0.699. The highest BCUT2D eigenvalue weighted by molar-refractivity contribution is 6.33. The molecule has 0 bridgehead atoms.